The van der Waals surface area contributed by atoms with E-state index in [0.29, 0.717) is 31.2 Å². The molecule has 2 unspecified atom stereocenters. The van der Waals surface area contributed by atoms with Crippen molar-refractivity contribution in [3.63, 3.8) is 0 Å². The van der Waals surface area contributed by atoms with E-state index < -0.39 is 0 Å². The number of para-hydroxylation sites is 1. The van der Waals surface area contributed by atoms with Gasteiger partial charge in [-0.25, -0.2) is 0 Å². The molecular formula is C22H36Cl2N4O2. The zero-order valence-electron chi connectivity index (χ0n) is 17.8. The zero-order chi connectivity index (χ0) is 19.8. The molecule has 6 nitrogen and oxygen atoms in total. The highest BCUT2D eigenvalue weighted by molar-refractivity contribution is 5.85. The Morgan fingerprint density at radius 3 is 2.47 bits per heavy atom. The number of hydrogen-bond acceptors (Lipinski definition) is 4. The molecule has 2 N–H and O–H groups in total. The quantitative estimate of drug-likeness (QED) is 0.658. The largest absolute Gasteiger partial charge is 0.368 e. The predicted octanol–water partition coefficient (Wildman–Crippen LogP) is 2.71. The molecule has 0 bridgehead atoms. The Balaban J connectivity index is 0.00000225. The van der Waals surface area contributed by atoms with Gasteiger partial charge < -0.3 is 20.4 Å². The summed E-state index contributed by atoms with van der Waals surface area (Å²) in [4.78, 5) is 28.9. The third kappa shape index (κ3) is 7.97. The first-order chi connectivity index (χ1) is 13.6. The van der Waals surface area contributed by atoms with Crippen LogP contribution in [0.25, 0.3) is 0 Å². The SMILES string of the molecule is CC(CC(=O)NCCC(=O)N1CCN(c2ccccc2)CC1)C1CCCNC1.Cl.Cl. The van der Waals surface area contributed by atoms with Crippen molar-refractivity contribution in [2.24, 2.45) is 11.8 Å². The number of nitrogens with zero attached hydrogens (tertiary/aromatic N) is 2. The summed E-state index contributed by atoms with van der Waals surface area (Å²) in [5.41, 5.74) is 1.21. The van der Waals surface area contributed by atoms with Crippen LogP contribution in [-0.4, -0.2) is 62.5 Å². The lowest BCUT2D eigenvalue weighted by molar-refractivity contribution is -0.131. The molecular weight excluding hydrogens is 423 g/mol. The van der Waals surface area contributed by atoms with Gasteiger partial charge in [0, 0.05) is 51.3 Å². The van der Waals surface area contributed by atoms with Gasteiger partial charge in [-0.2, -0.15) is 0 Å². The Hall–Kier alpha value is -1.50. The van der Waals surface area contributed by atoms with Crippen LogP contribution in [0.1, 0.15) is 32.6 Å². The molecule has 2 fully saturated rings. The molecule has 0 radical (unpaired) electrons. The van der Waals surface area contributed by atoms with Gasteiger partial charge in [-0.15, -0.1) is 24.8 Å². The number of carbonyl (C=O) groups is 2. The van der Waals surface area contributed by atoms with Gasteiger partial charge in [0.05, 0.1) is 0 Å². The van der Waals surface area contributed by atoms with E-state index >= 15 is 0 Å². The number of hydrogen-bond donors (Lipinski definition) is 2. The van der Waals surface area contributed by atoms with Gasteiger partial charge >= 0.3 is 0 Å². The molecule has 2 amide bonds. The molecule has 1 aromatic carbocycles. The molecule has 170 valence electrons. The molecule has 2 aliphatic rings. The summed E-state index contributed by atoms with van der Waals surface area (Å²) in [5.74, 6) is 1.17. The van der Waals surface area contributed by atoms with Gasteiger partial charge in [0.25, 0.3) is 0 Å². The van der Waals surface area contributed by atoms with E-state index in [-0.39, 0.29) is 36.6 Å². The maximum absolute atomic E-state index is 12.4. The Kier molecular flexibility index (Phi) is 12.1. The Morgan fingerprint density at radius 2 is 1.83 bits per heavy atom. The molecule has 8 heteroatoms. The van der Waals surface area contributed by atoms with Crippen molar-refractivity contribution in [2.75, 3.05) is 50.7 Å². The summed E-state index contributed by atoms with van der Waals surface area (Å²) in [6.45, 7) is 7.91. The van der Waals surface area contributed by atoms with Gasteiger partial charge in [-0.3, -0.25) is 9.59 Å². The van der Waals surface area contributed by atoms with Gasteiger partial charge in [-0.05, 0) is 49.9 Å². The Bertz CT molecular complexity index is 633. The smallest absolute Gasteiger partial charge is 0.224 e. The second-order valence-corrected chi connectivity index (χ2v) is 8.09. The first-order valence-electron chi connectivity index (χ1n) is 10.7. The molecule has 2 atom stereocenters. The van der Waals surface area contributed by atoms with E-state index in [2.05, 4.69) is 34.6 Å². The monoisotopic (exact) mass is 458 g/mol. The van der Waals surface area contributed by atoms with Crippen molar-refractivity contribution >= 4 is 42.3 Å². The predicted molar refractivity (Wildman–Crippen MR) is 127 cm³/mol. The highest BCUT2D eigenvalue weighted by atomic mass is 35.5. The highest BCUT2D eigenvalue weighted by Crippen LogP contribution is 2.22. The van der Waals surface area contributed by atoms with Crippen LogP contribution in [0.2, 0.25) is 0 Å². The number of piperidine rings is 1. The summed E-state index contributed by atoms with van der Waals surface area (Å²) < 4.78 is 0. The fourth-order valence-electron chi connectivity index (χ4n) is 4.22. The third-order valence-electron chi connectivity index (χ3n) is 6.06. The van der Waals surface area contributed by atoms with Crippen molar-refractivity contribution in [2.45, 2.75) is 32.6 Å². The Labute approximate surface area is 193 Å². The molecule has 0 aromatic heterocycles. The van der Waals surface area contributed by atoms with Gasteiger partial charge in [-0.1, -0.05) is 25.1 Å². The van der Waals surface area contributed by atoms with Crippen molar-refractivity contribution in [1.29, 1.82) is 0 Å². The van der Waals surface area contributed by atoms with Crippen LogP contribution in [0.15, 0.2) is 30.3 Å². The van der Waals surface area contributed by atoms with Crippen LogP contribution < -0.4 is 15.5 Å². The zero-order valence-corrected chi connectivity index (χ0v) is 19.5. The summed E-state index contributed by atoms with van der Waals surface area (Å²) in [5, 5.41) is 6.35. The fraction of sp³-hybridized carbons (Fsp3) is 0.636. The lowest BCUT2D eigenvalue weighted by Gasteiger charge is -2.36. The molecule has 0 spiro atoms. The average molecular weight is 459 g/mol. The van der Waals surface area contributed by atoms with Crippen molar-refractivity contribution in [3.8, 4) is 0 Å². The van der Waals surface area contributed by atoms with Crippen LogP contribution in [0, 0.1) is 11.8 Å². The molecule has 2 aliphatic heterocycles. The van der Waals surface area contributed by atoms with Crippen LogP contribution in [0.3, 0.4) is 0 Å². The normalized spacial score (nSPS) is 19.8. The number of amides is 2. The van der Waals surface area contributed by atoms with E-state index in [1.165, 1.54) is 18.5 Å². The number of carbonyl (C=O) groups excluding carboxylic acids is 2. The van der Waals surface area contributed by atoms with Crippen molar-refractivity contribution in [1.82, 2.24) is 15.5 Å². The maximum atomic E-state index is 12.4. The number of anilines is 1. The van der Waals surface area contributed by atoms with Crippen LogP contribution in [0.4, 0.5) is 5.69 Å². The minimum atomic E-state index is 0. The van der Waals surface area contributed by atoms with Crippen LogP contribution in [-0.2, 0) is 9.59 Å². The number of rotatable bonds is 7. The Morgan fingerprint density at radius 1 is 1.13 bits per heavy atom. The van der Waals surface area contributed by atoms with E-state index in [1.54, 1.807) is 0 Å². The first kappa shape index (κ1) is 26.5. The number of benzene rings is 1. The number of nitrogens with one attached hydrogen (secondary N) is 2. The molecule has 1 aromatic rings. The minimum absolute atomic E-state index is 0. The topological polar surface area (TPSA) is 64.7 Å². The van der Waals surface area contributed by atoms with Crippen molar-refractivity contribution in [3.05, 3.63) is 30.3 Å². The lowest BCUT2D eigenvalue weighted by atomic mass is 9.85. The maximum Gasteiger partial charge on any atom is 0.224 e. The van der Waals surface area contributed by atoms with E-state index in [1.807, 2.05) is 23.1 Å². The first-order valence-corrected chi connectivity index (χ1v) is 10.7. The molecule has 2 saturated heterocycles. The number of halogens is 2. The van der Waals surface area contributed by atoms with E-state index in [9.17, 15) is 9.59 Å². The highest BCUT2D eigenvalue weighted by Gasteiger charge is 2.23. The average Bonchev–Trinajstić information content (AvgIpc) is 2.75. The minimum Gasteiger partial charge on any atom is -0.368 e. The molecule has 0 aliphatic carbocycles. The van der Waals surface area contributed by atoms with Crippen LogP contribution >= 0.6 is 24.8 Å². The second-order valence-electron chi connectivity index (χ2n) is 8.09. The van der Waals surface area contributed by atoms with Gasteiger partial charge in [0.1, 0.15) is 0 Å². The number of piperazine rings is 1. The third-order valence-corrected chi connectivity index (χ3v) is 6.06. The molecule has 0 saturated carbocycles. The molecule has 3 rings (SSSR count). The second kappa shape index (κ2) is 13.7. The summed E-state index contributed by atoms with van der Waals surface area (Å²) >= 11 is 0. The fourth-order valence-corrected chi connectivity index (χ4v) is 4.22. The molecule has 30 heavy (non-hydrogen) atoms. The van der Waals surface area contributed by atoms with Gasteiger partial charge in [0.2, 0.25) is 11.8 Å². The van der Waals surface area contributed by atoms with Crippen molar-refractivity contribution < 1.29 is 9.59 Å². The standard InChI is InChI=1S/C22H34N4O2.2ClH/c1-18(19-6-5-10-23-17-19)16-21(27)24-11-9-22(28)26-14-12-25(13-15-26)20-7-3-2-4-8-20;;/h2-4,7-8,18-19,23H,5-6,9-17H2,1H3,(H,24,27);2*1H. The molecule has 2 heterocycles. The summed E-state index contributed by atoms with van der Waals surface area (Å²) in [7, 11) is 0. The summed E-state index contributed by atoms with van der Waals surface area (Å²) in [6.07, 6.45) is 3.34. The van der Waals surface area contributed by atoms with E-state index in [4.69, 9.17) is 0 Å². The van der Waals surface area contributed by atoms with E-state index in [0.717, 1.165) is 39.3 Å². The van der Waals surface area contributed by atoms with Crippen LogP contribution in [0.5, 0.6) is 0 Å². The van der Waals surface area contributed by atoms with Gasteiger partial charge in [0.15, 0.2) is 0 Å². The lowest BCUT2D eigenvalue weighted by Crippen LogP contribution is -2.49. The summed E-state index contributed by atoms with van der Waals surface area (Å²) in [6, 6.07) is 10.3.